The number of rotatable bonds is 9. The Labute approximate surface area is 176 Å². The lowest BCUT2D eigenvalue weighted by Crippen LogP contribution is -3.11. The molecule has 1 aromatic heterocycles. The Morgan fingerprint density at radius 3 is 2.60 bits per heavy atom. The van der Waals surface area contributed by atoms with Gasteiger partial charge in [0.25, 0.3) is 11.7 Å². The number of carbonyl (C=O) groups is 2. The fourth-order valence-corrected chi connectivity index (χ4v) is 3.88. The number of nitrogens with zero attached hydrogens (tertiary/aromatic N) is 1. The number of ether oxygens (including phenoxy) is 1. The molecule has 30 heavy (non-hydrogen) atoms. The van der Waals surface area contributed by atoms with E-state index in [1.165, 1.54) is 23.2 Å². The number of benzene rings is 1. The summed E-state index contributed by atoms with van der Waals surface area (Å²) in [4.78, 5) is 28.7. The van der Waals surface area contributed by atoms with Crippen LogP contribution in [0.2, 0.25) is 0 Å². The molecule has 160 valence electrons. The topological polar surface area (TPSA) is 84.4 Å². The Kier molecular flexibility index (Phi) is 6.95. The van der Waals surface area contributed by atoms with Crippen molar-refractivity contribution in [3.8, 4) is 5.75 Å². The van der Waals surface area contributed by atoms with E-state index in [0.717, 1.165) is 26.1 Å². The highest BCUT2D eigenvalue weighted by Gasteiger charge is 2.47. The number of aliphatic hydroxyl groups excluding tert-OH is 1. The van der Waals surface area contributed by atoms with Crippen molar-refractivity contribution in [1.29, 1.82) is 0 Å². The zero-order valence-corrected chi connectivity index (χ0v) is 17.7. The van der Waals surface area contributed by atoms with Gasteiger partial charge in [0.1, 0.15) is 23.3 Å². The first kappa shape index (κ1) is 21.6. The highest BCUT2D eigenvalue weighted by Crippen LogP contribution is 2.39. The Balaban J connectivity index is 1.97. The van der Waals surface area contributed by atoms with Gasteiger partial charge in [-0.15, -0.1) is 0 Å². The lowest BCUT2D eigenvalue weighted by atomic mass is 9.99. The Morgan fingerprint density at radius 1 is 1.20 bits per heavy atom. The van der Waals surface area contributed by atoms with Crippen LogP contribution in [-0.4, -0.2) is 55.0 Å². The van der Waals surface area contributed by atoms with Gasteiger partial charge in [-0.2, -0.15) is 0 Å². The second-order valence-electron chi connectivity index (χ2n) is 7.30. The quantitative estimate of drug-likeness (QED) is 0.373. The van der Waals surface area contributed by atoms with Crippen molar-refractivity contribution in [2.24, 2.45) is 0 Å². The molecule has 1 amide bonds. The summed E-state index contributed by atoms with van der Waals surface area (Å²) in [5.41, 5.74) is 0.454. The van der Waals surface area contributed by atoms with Crippen LogP contribution in [0.25, 0.3) is 5.76 Å². The third-order valence-electron chi connectivity index (χ3n) is 5.63. The predicted octanol–water partition coefficient (Wildman–Crippen LogP) is 2.02. The molecule has 3 rings (SSSR count). The van der Waals surface area contributed by atoms with Crippen molar-refractivity contribution in [3.63, 3.8) is 0 Å². The molecule has 0 saturated carbocycles. The van der Waals surface area contributed by atoms with Crippen LogP contribution in [0.3, 0.4) is 0 Å². The van der Waals surface area contributed by atoms with Crippen LogP contribution in [0.4, 0.5) is 0 Å². The Hall–Kier alpha value is -3.06. The zero-order chi connectivity index (χ0) is 21.7. The molecule has 0 unspecified atom stereocenters. The Bertz CT molecular complexity index is 915. The van der Waals surface area contributed by atoms with Gasteiger partial charge >= 0.3 is 0 Å². The van der Waals surface area contributed by atoms with Crippen LogP contribution >= 0.6 is 0 Å². The first-order chi connectivity index (χ1) is 14.5. The largest absolute Gasteiger partial charge is 0.507 e. The van der Waals surface area contributed by atoms with Crippen molar-refractivity contribution < 1.29 is 28.7 Å². The maximum Gasteiger partial charge on any atom is 0.295 e. The van der Waals surface area contributed by atoms with Crippen molar-refractivity contribution in [3.05, 3.63) is 59.6 Å². The van der Waals surface area contributed by atoms with Gasteiger partial charge in [-0.1, -0.05) is 12.1 Å². The van der Waals surface area contributed by atoms with Crippen molar-refractivity contribution in [1.82, 2.24) is 4.90 Å². The summed E-state index contributed by atoms with van der Waals surface area (Å²) in [6.45, 7) is 7.58. The number of aliphatic hydroxyl groups is 1. The standard InChI is InChI=1S/C23H28N2O5/c1-4-24(5-2)12-8-13-25-20(18-11-7-14-30-18)19(22(27)23(25)28)21(26)16-9-6-10-17(15-16)29-3/h6-7,9-11,14-15,20,26H,4-5,8,12-13H2,1-3H3/p+1/t20-/m0/s1. The first-order valence-electron chi connectivity index (χ1n) is 10.3. The summed E-state index contributed by atoms with van der Waals surface area (Å²) < 4.78 is 10.8. The second kappa shape index (κ2) is 9.63. The van der Waals surface area contributed by atoms with Gasteiger partial charge in [-0.25, -0.2) is 0 Å². The molecule has 1 saturated heterocycles. The molecule has 2 N–H and O–H groups in total. The number of furan rings is 1. The van der Waals surface area contributed by atoms with E-state index in [-0.39, 0.29) is 11.3 Å². The molecular weight excluding hydrogens is 384 g/mol. The van der Waals surface area contributed by atoms with Crippen molar-refractivity contribution in [2.45, 2.75) is 26.3 Å². The van der Waals surface area contributed by atoms with E-state index in [2.05, 4.69) is 13.8 Å². The van der Waals surface area contributed by atoms with E-state index in [0.29, 0.717) is 23.6 Å². The van der Waals surface area contributed by atoms with Gasteiger partial charge in [0.2, 0.25) is 0 Å². The summed E-state index contributed by atoms with van der Waals surface area (Å²) in [5.74, 6) is -0.549. The van der Waals surface area contributed by atoms with Gasteiger partial charge in [-0.3, -0.25) is 9.59 Å². The SMILES string of the molecule is CC[NH+](CC)CCCN1C(=O)C(=O)C(=C(O)c2cccc(OC)c2)[C@@H]1c1ccco1. The van der Waals surface area contributed by atoms with E-state index in [9.17, 15) is 14.7 Å². The molecule has 0 radical (unpaired) electrons. The number of likely N-dealkylation sites (tertiary alicyclic amines) is 1. The molecule has 1 aromatic carbocycles. The smallest absolute Gasteiger partial charge is 0.295 e. The minimum Gasteiger partial charge on any atom is -0.507 e. The highest BCUT2D eigenvalue weighted by atomic mass is 16.5. The molecule has 7 heteroatoms. The normalized spacial score (nSPS) is 18.4. The van der Waals surface area contributed by atoms with Gasteiger partial charge in [0, 0.05) is 18.5 Å². The van der Waals surface area contributed by atoms with E-state index >= 15 is 0 Å². The third-order valence-corrected chi connectivity index (χ3v) is 5.63. The van der Waals surface area contributed by atoms with Gasteiger partial charge < -0.3 is 24.1 Å². The number of hydrogen-bond donors (Lipinski definition) is 2. The fourth-order valence-electron chi connectivity index (χ4n) is 3.88. The molecule has 0 spiro atoms. The molecule has 1 fully saturated rings. The third kappa shape index (κ3) is 4.26. The highest BCUT2D eigenvalue weighted by molar-refractivity contribution is 6.46. The molecule has 1 aliphatic rings. The first-order valence-corrected chi connectivity index (χ1v) is 10.3. The maximum atomic E-state index is 12.9. The van der Waals surface area contributed by atoms with Crippen LogP contribution in [-0.2, 0) is 9.59 Å². The van der Waals surface area contributed by atoms with Gasteiger partial charge in [-0.05, 0) is 38.1 Å². The molecule has 0 aliphatic carbocycles. The lowest BCUT2D eigenvalue weighted by molar-refractivity contribution is -0.896. The molecule has 1 atom stereocenters. The van der Waals surface area contributed by atoms with E-state index in [4.69, 9.17) is 9.15 Å². The fraction of sp³-hybridized carbons (Fsp3) is 0.391. The minimum atomic E-state index is -0.752. The molecular formula is C23H29N2O5+. The molecule has 2 heterocycles. The van der Waals surface area contributed by atoms with Gasteiger partial charge in [0.15, 0.2) is 0 Å². The van der Waals surface area contributed by atoms with Crippen molar-refractivity contribution in [2.75, 3.05) is 33.3 Å². The number of hydrogen-bond acceptors (Lipinski definition) is 5. The van der Waals surface area contributed by atoms with E-state index in [1.54, 1.807) is 36.4 Å². The van der Waals surface area contributed by atoms with Crippen LogP contribution in [0.1, 0.15) is 37.6 Å². The van der Waals surface area contributed by atoms with E-state index < -0.39 is 17.7 Å². The summed E-state index contributed by atoms with van der Waals surface area (Å²) in [5, 5.41) is 11.0. The second-order valence-corrected chi connectivity index (χ2v) is 7.30. The van der Waals surface area contributed by atoms with Crippen LogP contribution in [0, 0.1) is 0 Å². The Morgan fingerprint density at radius 2 is 1.97 bits per heavy atom. The van der Waals surface area contributed by atoms with Crippen molar-refractivity contribution >= 4 is 17.4 Å². The lowest BCUT2D eigenvalue weighted by Gasteiger charge is -2.24. The van der Waals surface area contributed by atoms with Gasteiger partial charge in [0.05, 0.1) is 38.6 Å². The number of quaternary nitrogens is 1. The molecule has 1 aliphatic heterocycles. The number of nitrogens with one attached hydrogen (secondary N) is 1. The van der Waals surface area contributed by atoms with Crippen LogP contribution < -0.4 is 9.64 Å². The minimum absolute atomic E-state index is 0.0402. The number of carbonyl (C=O) groups excluding carboxylic acids is 2. The van der Waals surface area contributed by atoms with Crippen LogP contribution in [0.15, 0.2) is 52.7 Å². The monoisotopic (exact) mass is 413 g/mol. The molecule has 7 nitrogen and oxygen atoms in total. The maximum absolute atomic E-state index is 12.9. The zero-order valence-electron chi connectivity index (χ0n) is 17.7. The summed E-state index contributed by atoms with van der Waals surface area (Å²) >= 11 is 0. The number of ketones is 1. The molecule has 2 aromatic rings. The number of Topliss-reactive ketones (excluding diaryl/α,β-unsaturated/α-hetero) is 1. The summed E-state index contributed by atoms with van der Waals surface area (Å²) in [7, 11) is 1.53. The average Bonchev–Trinajstić information content (AvgIpc) is 3.38. The molecule has 0 bridgehead atoms. The average molecular weight is 413 g/mol. The van der Waals surface area contributed by atoms with E-state index in [1.807, 2.05) is 0 Å². The number of methoxy groups -OCH3 is 1. The summed E-state index contributed by atoms with van der Waals surface area (Å²) in [6, 6.07) is 9.45. The number of amides is 1. The van der Waals surface area contributed by atoms with Crippen LogP contribution in [0.5, 0.6) is 5.75 Å². The summed E-state index contributed by atoms with van der Waals surface area (Å²) in [6.07, 6.45) is 2.25. The predicted molar refractivity (Wildman–Crippen MR) is 112 cm³/mol.